The van der Waals surface area contributed by atoms with Crippen molar-refractivity contribution in [3.63, 3.8) is 0 Å². The SMILES string of the molecule is CCC[C@H]1CC[C@H](CCC(F)COc2ccccc2)CC1. The highest BCUT2D eigenvalue weighted by molar-refractivity contribution is 5.20. The highest BCUT2D eigenvalue weighted by Gasteiger charge is 2.21. The number of ether oxygens (including phenoxy) is 1. The molecule has 0 bridgehead atoms. The second-order valence-corrected chi connectivity index (χ2v) is 6.47. The Morgan fingerprint density at radius 2 is 1.67 bits per heavy atom. The van der Waals surface area contributed by atoms with E-state index in [1.807, 2.05) is 30.3 Å². The third kappa shape index (κ3) is 6.07. The summed E-state index contributed by atoms with van der Waals surface area (Å²) in [6.45, 7) is 2.46. The molecule has 1 aromatic rings. The Bertz CT molecular complexity index is 370. The summed E-state index contributed by atoms with van der Waals surface area (Å²) in [5, 5.41) is 0. The summed E-state index contributed by atoms with van der Waals surface area (Å²) in [7, 11) is 0. The molecular formula is C19H29FO. The zero-order chi connectivity index (χ0) is 14.9. The van der Waals surface area contributed by atoms with E-state index in [0.29, 0.717) is 6.42 Å². The quantitative estimate of drug-likeness (QED) is 0.589. The van der Waals surface area contributed by atoms with Crippen molar-refractivity contribution >= 4 is 0 Å². The Hall–Kier alpha value is -1.05. The van der Waals surface area contributed by atoms with Crippen LogP contribution in [0.3, 0.4) is 0 Å². The summed E-state index contributed by atoms with van der Waals surface area (Å²) in [4.78, 5) is 0. The monoisotopic (exact) mass is 292 g/mol. The van der Waals surface area contributed by atoms with E-state index in [-0.39, 0.29) is 6.61 Å². The molecule has 1 nitrogen and oxygen atoms in total. The Kier molecular flexibility index (Phi) is 7.05. The molecule has 2 heteroatoms. The van der Waals surface area contributed by atoms with Crippen LogP contribution in [-0.2, 0) is 0 Å². The first kappa shape index (κ1) is 16.3. The molecule has 2 rings (SSSR count). The van der Waals surface area contributed by atoms with Crippen molar-refractivity contribution in [1.29, 1.82) is 0 Å². The van der Waals surface area contributed by atoms with Gasteiger partial charge in [-0.1, -0.05) is 63.6 Å². The van der Waals surface area contributed by atoms with Crippen LogP contribution in [0, 0.1) is 11.8 Å². The van der Waals surface area contributed by atoms with Gasteiger partial charge in [0, 0.05) is 0 Å². The molecule has 118 valence electrons. The molecule has 0 spiro atoms. The lowest BCUT2D eigenvalue weighted by Gasteiger charge is -2.28. The van der Waals surface area contributed by atoms with Crippen molar-refractivity contribution in [2.45, 2.75) is 64.5 Å². The van der Waals surface area contributed by atoms with Gasteiger partial charge in [0.15, 0.2) is 0 Å². The average Bonchev–Trinajstić information content (AvgIpc) is 2.53. The third-order valence-electron chi connectivity index (χ3n) is 4.73. The minimum absolute atomic E-state index is 0.190. The van der Waals surface area contributed by atoms with Crippen LogP contribution in [0.2, 0.25) is 0 Å². The molecule has 1 aliphatic carbocycles. The molecule has 1 aliphatic rings. The number of hydrogen-bond acceptors (Lipinski definition) is 1. The topological polar surface area (TPSA) is 9.23 Å². The first-order chi connectivity index (χ1) is 10.3. The zero-order valence-electron chi connectivity index (χ0n) is 13.3. The number of rotatable bonds is 8. The van der Waals surface area contributed by atoms with Gasteiger partial charge in [0.2, 0.25) is 0 Å². The highest BCUT2D eigenvalue weighted by atomic mass is 19.1. The van der Waals surface area contributed by atoms with E-state index in [2.05, 4.69) is 6.92 Å². The molecule has 1 unspecified atom stereocenters. The van der Waals surface area contributed by atoms with E-state index in [0.717, 1.165) is 24.0 Å². The number of alkyl halides is 1. The first-order valence-corrected chi connectivity index (χ1v) is 8.59. The Labute approximate surface area is 128 Å². The largest absolute Gasteiger partial charge is 0.491 e. The molecule has 1 saturated carbocycles. The van der Waals surface area contributed by atoms with Crippen molar-refractivity contribution in [2.75, 3.05) is 6.61 Å². The molecule has 0 amide bonds. The summed E-state index contributed by atoms with van der Waals surface area (Å²) in [5.41, 5.74) is 0. The molecule has 0 heterocycles. The Morgan fingerprint density at radius 3 is 2.29 bits per heavy atom. The molecule has 1 aromatic carbocycles. The number of hydrogen-bond donors (Lipinski definition) is 0. The first-order valence-electron chi connectivity index (χ1n) is 8.59. The van der Waals surface area contributed by atoms with Crippen LogP contribution in [0.5, 0.6) is 5.75 Å². The van der Waals surface area contributed by atoms with Gasteiger partial charge in [-0.2, -0.15) is 0 Å². The van der Waals surface area contributed by atoms with Gasteiger partial charge in [-0.15, -0.1) is 0 Å². The van der Waals surface area contributed by atoms with E-state index >= 15 is 0 Å². The van der Waals surface area contributed by atoms with Gasteiger partial charge < -0.3 is 4.74 Å². The summed E-state index contributed by atoms with van der Waals surface area (Å²) in [6, 6.07) is 9.52. The van der Waals surface area contributed by atoms with Crippen LogP contribution in [0.4, 0.5) is 4.39 Å². The lowest BCUT2D eigenvalue weighted by Crippen LogP contribution is -2.18. The lowest BCUT2D eigenvalue weighted by atomic mass is 9.78. The van der Waals surface area contributed by atoms with Crippen LogP contribution in [-0.4, -0.2) is 12.8 Å². The molecule has 0 aliphatic heterocycles. The maximum absolute atomic E-state index is 13.9. The number of benzene rings is 1. The van der Waals surface area contributed by atoms with Crippen LogP contribution < -0.4 is 4.74 Å². The average molecular weight is 292 g/mol. The second-order valence-electron chi connectivity index (χ2n) is 6.47. The Morgan fingerprint density at radius 1 is 1.05 bits per heavy atom. The predicted molar refractivity (Wildman–Crippen MR) is 86.4 cm³/mol. The van der Waals surface area contributed by atoms with Crippen molar-refractivity contribution in [1.82, 2.24) is 0 Å². The highest BCUT2D eigenvalue weighted by Crippen LogP contribution is 2.34. The third-order valence-corrected chi connectivity index (χ3v) is 4.73. The van der Waals surface area contributed by atoms with Gasteiger partial charge in [-0.3, -0.25) is 0 Å². The van der Waals surface area contributed by atoms with E-state index in [1.54, 1.807) is 0 Å². The lowest BCUT2D eigenvalue weighted by molar-refractivity contribution is 0.167. The van der Waals surface area contributed by atoms with E-state index in [4.69, 9.17) is 4.74 Å². The minimum atomic E-state index is -0.835. The maximum Gasteiger partial charge on any atom is 0.134 e. The van der Waals surface area contributed by atoms with Crippen molar-refractivity contribution in [3.8, 4) is 5.75 Å². The molecule has 1 atom stereocenters. The van der Waals surface area contributed by atoms with Gasteiger partial charge in [-0.05, 0) is 36.8 Å². The number of para-hydroxylation sites is 1. The van der Waals surface area contributed by atoms with E-state index in [9.17, 15) is 4.39 Å². The minimum Gasteiger partial charge on any atom is -0.491 e. The van der Waals surface area contributed by atoms with E-state index < -0.39 is 6.17 Å². The van der Waals surface area contributed by atoms with Gasteiger partial charge in [0.05, 0.1) is 0 Å². The molecule has 0 radical (unpaired) electrons. The van der Waals surface area contributed by atoms with Gasteiger partial charge >= 0.3 is 0 Å². The van der Waals surface area contributed by atoms with Crippen LogP contribution >= 0.6 is 0 Å². The Balaban J connectivity index is 1.58. The molecule has 21 heavy (non-hydrogen) atoms. The molecule has 1 fully saturated rings. The summed E-state index contributed by atoms with van der Waals surface area (Å²) in [5.74, 6) is 2.45. The second kappa shape index (κ2) is 9.07. The van der Waals surface area contributed by atoms with Gasteiger partial charge in [0.25, 0.3) is 0 Å². The fraction of sp³-hybridized carbons (Fsp3) is 0.684. The fourth-order valence-electron chi connectivity index (χ4n) is 3.42. The van der Waals surface area contributed by atoms with Crippen LogP contribution in [0.25, 0.3) is 0 Å². The maximum atomic E-state index is 13.9. The normalized spacial score (nSPS) is 23.7. The van der Waals surface area contributed by atoms with Crippen molar-refractivity contribution in [2.24, 2.45) is 11.8 Å². The summed E-state index contributed by atoms with van der Waals surface area (Å²) < 4.78 is 19.4. The fourth-order valence-corrected chi connectivity index (χ4v) is 3.42. The number of halogens is 1. The zero-order valence-corrected chi connectivity index (χ0v) is 13.3. The molecule has 0 aromatic heterocycles. The summed E-state index contributed by atoms with van der Waals surface area (Å²) >= 11 is 0. The summed E-state index contributed by atoms with van der Waals surface area (Å²) in [6.07, 6.45) is 8.84. The van der Waals surface area contributed by atoms with Crippen LogP contribution in [0.1, 0.15) is 58.3 Å². The van der Waals surface area contributed by atoms with Gasteiger partial charge in [-0.25, -0.2) is 4.39 Å². The van der Waals surface area contributed by atoms with Crippen molar-refractivity contribution < 1.29 is 9.13 Å². The van der Waals surface area contributed by atoms with E-state index in [1.165, 1.54) is 38.5 Å². The smallest absolute Gasteiger partial charge is 0.134 e. The van der Waals surface area contributed by atoms with Gasteiger partial charge in [0.1, 0.15) is 18.5 Å². The standard InChI is InChI=1S/C19H29FO/c1-2-6-16-9-11-17(12-10-16)13-14-18(20)15-21-19-7-4-3-5-8-19/h3-5,7-8,16-18H,2,6,9-15H2,1H3/t16-,17-,18?. The predicted octanol–water partition coefficient (Wildman–Crippen LogP) is 5.79. The molecular weight excluding hydrogens is 263 g/mol. The molecule has 0 N–H and O–H groups in total. The molecule has 0 saturated heterocycles. The van der Waals surface area contributed by atoms with Crippen molar-refractivity contribution in [3.05, 3.63) is 30.3 Å². The van der Waals surface area contributed by atoms with Crippen LogP contribution in [0.15, 0.2) is 30.3 Å².